The minimum absolute atomic E-state index is 0.187. The molecule has 0 aromatic heterocycles. The Kier molecular flexibility index (Phi) is 11.0. The maximum absolute atomic E-state index is 12.7. The highest BCUT2D eigenvalue weighted by Crippen LogP contribution is 2.38. The fourth-order valence-electron chi connectivity index (χ4n) is 3.62. The first-order valence-corrected chi connectivity index (χ1v) is 13.1. The highest BCUT2D eigenvalue weighted by atomic mass is 16.5. The molecular formula is C30H45NO6. The minimum atomic E-state index is -0.276. The van der Waals surface area contributed by atoms with Crippen LogP contribution in [0.4, 0.5) is 0 Å². The van der Waals surface area contributed by atoms with Crippen LogP contribution in [0.1, 0.15) is 83.1 Å². The molecule has 0 aliphatic rings. The van der Waals surface area contributed by atoms with E-state index in [-0.39, 0.29) is 17.1 Å². The summed E-state index contributed by atoms with van der Waals surface area (Å²) in [4.78, 5) is 12.7. The number of hydrogen-bond donors (Lipinski definition) is 1. The molecule has 0 saturated heterocycles. The van der Waals surface area contributed by atoms with Crippen LogP contribution >= 0.6 is 0 Å². The van der Waals surface area contributed by atoms with Gasteiger partial charge in [0.2, 0.25) is 5.75 Å². The zero-order valence-electron chi connectivity index (χ0n) is 24.1. The molecule has 2 aromatic carbocycles. The second kappa shape index (κ2) is 13.5. The van der Waals surface area contributed by atoms with E-state index in [0.29, 0.717) is 29.4 Å². The van der Waals surface area contributed by atoms with E-state index in [2.05, 4.69) is 52.9 Å². The zero-order valence-corrected chi connectivity index (χ0v) is 24.1. The van der Waals surface area contributed by atoms with Crippen LogP contribution in [0, 0.1) is 0 Å². The highest BCUT2D eigenvalue weighted by Gasteiger charge is 2.22. The Morgan fingerprint density at radius 3 is 1.92 bits per heavy atom. The molecule has 0 aliphatic carbocycles. The van der Waals surface area contributed by atoms with E-state index < -0.39 is 0 Å². The van der Waals surface area contributed by atoms with Gasteiger partial charge in [0.15, 0.2) is 11.5 Å². The number of carbonyl (C=O) groups is 1. The van der Waals surface area contributed by atoms with Crippen molar-refractivity contribution < 1.29 is 28.5 Å². The lowest BCUT2D eigenvalue weighted by molar-refractivity contribution is 0.0941. The van der Waals surface area contributed by atoms with E-state index in [9.17, 15) is 4.79 Å². The van der Waals surface area contributed by atoms with E-state index in [1.807, 2.05) is 12.1 Å². The van der Waals surface area contributed by atoms with E-state index in [1.54, 1.807) is 12.1 Å². The third-order valence-electron chi connectivity index (χ3n) is 6.61. The molecule has 0 saturated carbocycles. The topological polar surface area (TPSA) is 75.3 Å². The van der Waals surface area contributed by atoms with E-state index in [0.717, 1.165) is 49.2 Å². The summed E-state index contributed by atoms with van der Waals surface area (Å²) in [5.74, 6) is 2.84. The molecule has 1 amide bonds. The number of benzene rings is 2. The van der Waals surface area contributed by atoms with Gasteiger partial charge in [0.1, 0.15) is 22.7 Å². The summed E-state index contributed by atoms with van der Waals surface area (Å²) in [5, 5.41) is 2.99. The molecule has 37 heavy (non-hydrogen) atoms. The predicted molar refractivity (Wildman–Crippen MR) is 148 cm³/mol. The zero-order chi connectivity index (χ0) is 27.6. The molecule has 0 spiro atoms. The average Bonchev–Trinajstić information content (AvgIpc) is 2.88. The molecule has 2 aromatic rings. The minimum Gasteiger partial charge on any atom is -0.493 e. The molecule has 0 atom stereocenters. The Morgan fingerprint density at radius 1 is 0.784 bits per heavy atom. The number of aryl methyl sites for hydroxylation is 1. The Labute approximate surface area is 222 Å². The fourth-order valence-corrected chi connectivity index (χ4v) is 3.62. The fraction of sp³-hybridized carbons (Fsp3) is 0.567. The number of unbranched alkanes of at least 4 members (excludes halogenated alkanes) is 1. The molecule has 0 radical (unpaired) electrons. The summed E-state index contributed by atoms with van der Waals surface area (Å²) in [6.07, 6.45) is 4.37. The van der Waals surface area contributed by atoms with Crippen LogP contribution in [0.15, 0.2) is 30.3 Å². The van der Waals surface area contributed by atoms with Gasteiger partial charge in [-0.3, -0.25) is 4.79 Å². The number of ether oxygens (including phenoxy) is 5. The first-order valence-electron chi connectivity index (χ1n) is 13.1. The normalized spacial score (nSPS) is 11.6. The summed E-state index contributed by atoms with van der Waals surface area (Å²) in [6.45, 7) is 13.2. The standard InChI is InChI=1S/C30H45NO6/c1-10-29(3,4)36-23-16-15-21(24(20-23)37-30(5,6)11-2)14-12-13-17-31-28(32)22-18-25(33-7)27(35-9)26(19-22)34-8/h15-16,18-20H,10-14,17H2,1-9H3,(H,31,32). The first kappa shape index (κ1) is 30.1. The first-order chi connectivity index (χ1) is 17.5. The summed E-state index contributed by atoms with van der Waals surface area (Å²) < 4.78 is 28.6. The maximum Gasteiger partial charge on any atom is 0.251 e. The summed E-state index contributed by atoms with van der Waals surface area (Å²) in [7, 11) is 4.59. The lowest BCUT2D eigenvalue weighted by Crippen LogP contribution is -2.28. The smallest absolute Gasteiger partial charge is 0.251 e. The van der Waals surface area contributed by atoms with Gasteiger partial charge >= 0.3 is 0 Å². The van der Waals surface area contributed by atoms with Crippen molar-refractivity contribution in [2.45, 2.75) is 84.8 Å². The van der Waals surface area contributed by atoms with Gasteiger partial charge in [-0.1, -0.05) is 19.9 Å². The van der Waals surface area contributed by atoms with Gasteiger partial charge in [-0.05, 0) is 83.6 Å². The molecule has 0 fully saturated rings. The van der Waals surface area contributed by atoms with Crippen LogP contribution in [-0.4, -0.2) is 45.0 Å². The summed E-state index contributed by atoms with van der Waals surface area (Å²) >= 11 is 0. The second-order valence-electron chi connectivity index (χ2n) is 10.3. The van der Waals surface area contributed by atoms with Crippen LogP contribution < -0.4 is 29.0 Å². The Morgan fingerprint density at radius 2 is 1.38 bits per heavy atom. The third-order valence-corrected chi connectivity index (χ3v) is 6.61. The van der Waals surface area contributed by atoms with Crippen LogP contribution in [0.2, 0.25) is 0 Å². The SMILES string of the molecule is CCC(C)(C)Oc1ccc(CCCCNC(=O)c2cc(OC)c(OC)c(OC)c2)c(OC(C)(C)CC)c1. The molecule has 2 rings (SSSR count). The molecule has 7 heteroatoms. The van der Waals surface area contributed by atoms with Gasteiger partial charge in [0.05, 0.1) is 21.3 Å². The molecule has 7 nitrogen and oxygen atoms in total. The second-order valence-corrected chi connectivity index (χ2v) is 10.3. The van der Waals surface area contributed by atoms with Gasteiger partial charge in [0, 0.05) is 18.2 Å². The van der Waals surface area contributed by atoms with Gasteiger partial charge in [0.25, 0.3) is 5.91 Å². The molecular weight excluding hydrogens is 470 g/mol. The third kappa shape index (κ3) is 8.76. The van der Waals surface area contributed by atoms with Gasteiger partial charge in [-0.15, -0.1) is 0 Å². The molecule has 0 aliphatic heterocycles. The molecule has 0 unspecified atom stereocenters. The van der Waals surface area contributed by atoms with Crippen molar-refractivity contribution in [1.82, 2.24) is 5.32 Å². The van der Waals surface area contributed by atoms with Crippen LogP contribution in [0.3, 0.4) is 0 Å². The van der Waals surface area contributed by atoms with Crippen molar-refractivity contribution in [3.05, 3.63) is 41.5 Å². The molecule has 206 valence electrons. The average molecular weight is 516 g/mol. The van der Waals surface area contributed by atoms with Gasteiger partial charge < -0.3 is 29.0 Å². The lowest BCUT2D eigenvalue weighted by Gasteiger charge is -2.29. The number of hydrogen-bond acceptors (Lipinski definition) is 6. The molecule has 0 bridgehead atoms. The monoisotopic (exact) mass is 515 g/mol. The number of methoxy groups -OCH3 is 3. The number of nitrogens with one attached hydrogen (secondary N) is 1. The highest BCUT2D eigenvalue weighted by molar-refractivity contribution is 5.95. The maximum atomic E-state index is 12.7. The van der Waals surface area contributed by atoms with Crippen molar-refractivity contribution in [2.75, 3.05) is 27.9 Å². The van der Waals surface area contributed by atoms with Crippen LogP contribution in [0.25, 0.3) is 0 Å². The number of amides is 1. The Balaban J connectivity index is 2.02. The molecule has 1 N–H and O–H groups in total. The summed E-state index contributed by atoms with van der Waals surface area (Å²) in [6, 6.07) is 9.43. The lowest BCUT2D eigenvalue weighted by atomic mass is 10.0. The van der Waals surface area contributed by atoms with Crippen molar-refractivity contribution in [3.8, 4) is 28.7 Å². The van der Waals surface area contributed by atoms with Crippen molar-refractivity contribution >= 4 is 5.91 Å². The predicted octanol–water partition coefficient (Wildman–Crippen LogP) is 6.60. The van der Waals surface area contributed by atoms with Gasteiger partial charge in [-0.25, -0.2) is 0 Å². The largest absolute Gasteiger partial charge is 0.493 e. The van der Waals surface area contributed by atoms with Crippen molar-refractivity contribution in [2.24, 2.45) is 0 Å². The Hall–Kier alpha value is -3.09. The van der Waals surface area contributed by atoms with Crippen molar-refractivity contribution in [1.29, 1.82) is 0 Å². The summed E-state index contributed by atoms with van der Waals surface area (Å²) in [5.41, 5.74) is 1.08. The van der Waals surface area contributed by atoms with E-state index in [4.69, 9.17) is 23.7 Å². The van der Waals surface area contributed by atoms with Crippen LogP contribution in [0.5, 0.6) is 28.7 Å². The molecule has 0 heterocycles. The van der Waals surface area contributed by atoms with Crippen LogP contribution in [-0.2, 0) is 6.42 Å². The quantitative estimate of drug-likeness (QED) is 0.269. The van der Waals surface area contributed by atoms with Crippen molar-refractivity contribution in [3.63, 3.8) is 0 Å². The Bertz CT molecular complexity index is 1010. The number of rotatable bonds is 15. The van der Waals surface area contributed by atoms with E-state index >= 15 is 0 Å². The number of carbonyl (C=O) groups excluding carboxylic acids is 1. The van der Waals surface area contributed by atoms with E-state index in [1.165, 1.54) is 21.3 Å². The van der Waals surface area contributed by atoms with Gasteiger partial charge in [-0.2, -0.15) is 0 Å².